The van der Waals surface area contributed by atoms with E-state index in [0.29, 0.717) is 34.5 Å². The molecular formula is C35H26N2O4S. The van der Waals surface area contributed by atoms with Gasteiger partial charge < -0.3 is 10.6 Å². The van der Waals surface area contributed by atoms with Crippen LogP contribution in [0.4, 0.5) is 11.4 Å². The molecule has 0 spiro atoms. The Bertz CT molecular complexity index is 1900. The number of fused-ring (bicyclic) bond motifs is 3. The molecule has 7 heteroatoms. The summed E-state index contributed by atoms with van der Waals surface area (Å²) in [5, 5.41) is 7.43. The van der Waals surface area contributed by atoms with E-state index in [1.807, 2.05) is 61.5 Å². The molecule has 0 bridgehead atoms. The number of amides is 2. The lowest BCUT2D eigenvalue weighted by Crippen LogP contribution is -2.28. The Balaban J connectivity index is 1.17. The first kappa shape index (κ1) is 27.2. The molecule has 6 rings (SSSR count). The highest BCUT2D eigenvalue weighted by Gasteiger charge is 2.32. The van der Waals surface area contributed by atoms with E-state index in [4.69, 9.17) is 0 Å². The van der Waals surface area contributed by atoms with Crippen LogP contribution >= 0.6 is 11.8 Å². The number of hydrogen-bond acceptors (Lipinski definition) is 5. The van der Waals surface area contributed by atoms with Gasteiger partial charge >= 0.3 is 0 Å². The summed E-state index contributed by atoms with van der Waals surface area (Å²) in [6.07, 6.45) is 0.523. The summed E-state index contributed by atoms with van der Waals surface area (Å²) in [7, 11) is 0. The molecule has 0 saturated heterocycles. The van der Waals surface area contributed by atoms with Crippen molar-refractivity contribution in [3.05, 3.63) is 137 Å². The van der Waals surface area contributed by atoms with Gasteiger partial charge in [0.05, 0.1) is 16.5 Å². The van der Waals surface area contributed by atoms with Crippen LogP contribution in [-0.2, 0) is 4.79 Å². The number of hydrogen-bond donors (Lipinski definition) is 2. The number of carbonyl (C=O) groups is 4. The molecule has 0 aromatic heterocycles. The second-order valence-corrected chi connectivity index (χ2v) is 11.3. The van der Waals surface area contributed by atoms with E-state index in [1.165, 1.54) is 11.8 Å². The van der Waals surface area contributed by atoms with Crippen LogP contribution in [0.5, 0.6) is 0 Å². The van der Waals surface area contributed by atoms with Crippen molar-refractivity contribution in [1.29, 1.82) is 0 Å². The number of carbonyl (C=O) groups excluding carboxylic acids is 4. The molecule has 1 aliphatic rings. The number of ketones is 2. The molecule has 6 nitrogen and oxygen atoms in total. The third-order valence-corrected chi connectivity index (χ3v) is 8.61. The Hall–Kier alpha value is -5.01. The summed E-state index contributed by atoms with van der Waals surface area (Å²) < 4.78 is 0. The minimum absolute atomic E-state index is 0.216. The second-order valence-electron chi connectivity index (χ2n) is 9.98. The lowest BCUT2D eigenvalue weighted by atomic mass is 9.83. The van der Waals surface area contributed by atoms with Gasteiger partial charge in [0.2, 0.25) is 5.91 Å². The molecule has 0 heterocycles. The standard InChI is InChI=1S/C35H26N2O4S/c1-2-30(35(41)37-29-16-8-15-28-31(29)33(39)27-14-6-5-13-26(27)32(28)38)42-25-12-7-11-24(20-25)36-34(40)23-18-17-21-9-3-4-10-22(21)19-23/h3-20,30H,2H2,1H3,(H,36,40)(H,37,41). The smallest absolute Gasteiger partial charge is 0.255 e. The number of benzene rings is 5. The van der Waals surface area contributed by atoms with Crippen LogP contribution in [-0.4, -0.2) is 28.6 Å². The van der Waals surface area contributed by atoms with Gasteiger partial charge in [-0.3, -0.25) is 19.2 Å². The fourth-order valence-electron chi connectivity index (χ4n) is 5.13. The van der Waals surface area contributed by atoms with Crippen molar-refractivity contribution in [2.45, 2.75) is 23.5 Å². The van der Waals surface area contributed by atoms with E-state index in [0.717, 1.165) is 15.7 Å². The zero-order valence-electron chi connectivity index (χ0n) is 22.7. The van der Waals surface area contributed by atoms with Crippen LogP contribution in [0.15, 0.2) is 114 Å². The summed E-state index contributed by atoms with van der Waals surface area (Å²) >= 11 is 1.37. The van der Waals surface area contributed by atoms with Gasteiger partial charge in [-0.2, -0.15) is 0 Å². The lowest BCUT2D eigenvalue weighted by molar-refractivity contribution is -0.115. The molecule has 5 aromatic carbocycles. The Morgan fingerprint density at radius 1 is 0.690 bits per heavy atom. The predicted molar refractivity (Wildman–Crippen MR) is 167 cm³/mol. The first-order chi connectivity index (χ1) is 20.4. The fraction of sp³-hybridized carbons (Fsp3) is 0.0857. The summed E-state index contributed by atoms with van der Waals surface area (Å²) in [5.74, 6) is -1.02. The average Bonchev–Trinajstić information content (AvgIpc) is 3.02. The molecule has 42 heavy (non-hydrogen) atoms. The van der Waals surface area contributed by atoms with E-state index < -0.39 is 5.25 Å². The highest BCUT2D eigenvalue weighted by Crippen LogP contribution is 2.34. The summed E-state index contributed by atoms with van der Waals surface area (Å²) in [6, 6.07) is 32.5. The van der Waals surface area contributed by atoms with Gasteiger partial charge in [0.1, 0.15) is 0 Å². The lowest BCUT2D eigenvalue weighted by Gasteiger charge is -2.21. The minimum Gasteiger partial charge on any atom is -0.324 e. The Morgan fingerprint density at radius 2 is 1.38 bits per heavy atom. The van der Waals surface area contributed by atoms with Gasteiger partial charge in [0.15, 0.2) is 11.6 Å². The first-order valence-electron chi connectivity index (χ1n) is 13.6. The van der Waals surface area contributed by atoms with Gasteiger partial charge in [-0.1, -0.05) is 79.7 Å². The zero-order chi connectivity index (χ0) is 29.2. The normalized spacial score (nSPS) is 12.8. The maximum absolute atomic E-state index is 13.4. The van der Waals surface area contributed by atoms with Gasteiger partial charge in [-0.15, -0.1) is 11.8 Å². The van der Waals surface area contributed by atoms with Crippen molar-refractivity contribution in [2.24, 2.45) is 0 Å². The van der Waals surface area contributed by atoms with Crippen LogP contribution in [0.25, 0.3) is 10.8 Å². The minimum atomic E-state index is -0.478. The van der Waals surface area contributed by atoms with Gasteiger partial charge in [0.25, 0.3) is 5.91 Å². The topological polar surface area (TPSA) is 92.3 Å². The van der Waals surface area contributed by atoms with E-state index in [1.54, 1.807) is 54.6 Å². The van der Waals surface area contributed by atoms with E-state index in [2.05, 4.69) is 10.6 Å². The van der Waals surface area contributed by atoms with Crippen molar-refractivity contribution in [3.63, 3.8) is 0 Å². The number of nitrogens with one attached hydrogen (secondary N) is 2. The number of anilines is 2. The highest BCUT2D eigenvalue weighted by molar-refractivity contribution is 8.00. The molecule has 5 aromatic rings. The van der Waals surface area contributed by atoms with E-state index in [-0.39, 0.29) is 34.5 Å². The van der Waals surface area contributed by atoms with Crippen LogP contribution in [0.1, 0.15) is 55.5 Å². The molecular weight excluding hydrogens is 544 g/mol. The van der Waals surface area contributed by atoms with Crippen LogP contribution in [0.2, 0.25) is 0 Å². The maximum Gasteiger partial charge on any atom is 0.255 e. The molecule has 1 atom stereocenters. The molecule has 0 saturated carbocycles. The molecule has 2 amide bonds. The summed E-state index contributed by atoms with van der Waals surface area (Å²) in [4.78, 5) is 53.6. The average molecular weight is 571 g/mol. The molecule has 206 valence electrons. The molecule has 1 aliphatic carbocycles. The van der Waals surface area contributed by atoms with Gasteiger partial charge in [0, 0.05) is 32.8 Å². The zero-order valence-corrected chi connectivity index (χ0v) is 23.5. The van der Waals surface area contributed by atoms with Gasteiger partial charge in [-0.25, -0.2) is 0 Å². The molecule has 0 radical (unpaired) electrons. The van der Waals surface area contributed by atoms with Crippen molar-refractivity contribution in [3.8, 4) is 0 Å². The monoisotopic (exact) mass is 570 g/mol. The summed E-state index contributed by atoms with van der Waals surface area (Å²) in [6.45, 7) is 1.91. The predicted octanol–water partition coefficient (Wildman–Crippen LogP) is 7.38. The second kappa shape index (κ2) is 11.5. The largest absolute Gasteiger partial charge is 0.324 e. The summed E-state index contributed by atoms with van der Waals surface area (Å²) in [5.41, 5.74) is 2.70. The van der Waals surface area contributed by atoms with Crippen LogP contribution in [0.3, 0.4) is 0 Å². The first-order valence-corrected chi connectivity index (χ1v) is 14.5. The van der Waals surface area contributed by atoms with Crippen LogP contribution < -0.4 is 10.6 Å². The van der Waals surface area contributed by atoms with Gasteiger partial charge in [-0.05, 0) is 53.6 Å². The Morgan fingerprint density at radius 3 is 2.17 bits per heavy atom. The quantitative estimate of drug-likeness (QED) is 0.196. The van der Waals surface area contributed by atoms with E-state index in [9.17, 15) is 19.2 Å². The van der Waals surface area contributed by atoms with E-state index >= 15 is 0 Å². The number of thioether (sulfide) groups is 1. The van der Waals surface area contributed by atoms with Crippen molar-refractivity contribution >= 4 is 57.3 Å². The van der Waals surface area contributed by atoms with Crippen LogP contribution in [0, 0.1) is 0 Å². The third-order valence-electron chi connectivity index (χ3n) is 7.26. The highest BCUT2D eigenvalue weighted by atomic mass is 32.2. The van der Waals surface area contributed by atoms with Crippen molar-refractivity contribution < 1.29 is 19.2 Å². The fourth-order valence-corrected chi connectivity index (χ4v) is 6.14. The maximum atomic E-state index is 13.4. The molecule has 0 fully saturated rings. The SMILES string of the molecule is CCC(Sc1cccc(NC(=O)c2ccc3ccccc3c2)c1)C(=O)Nc1cccc2c1C(=O)c1ccccc1C2=O. The van der Waals surface area contributed by atoms with Crippen molar-refractivity contribution in [2.75, 3.05) is 10.6 Å². The Labute approximate surface area is 247 Å². The Kier molecular flexibility index (Phi) is 7.42. The molecule has 0 aliphatic heterocycles. The van der Waals surface area contributed by atoms with Crippen molar-refractivity contribution in [1.82, 2.24) is 0 Å². The molecule has 2 N–H and O–H groups in total. The third kappa shape index (κ3) is 5.22. The number of rotatable bonds is 7. The molecule has 1 unspecified atom stereocenters.